The number of rotatable bonds is 8. The van der Waals surface area contributed by atoms with E-state index in [2.05, 4.69) is 48.4 Å². The average Bonchev–Trinajstić information content (AvgIpc) is 3.52. The van der Waals surface area contributed by atoms with Crippen molar-refractivity contribution in [3.8, 4) is 11.6 Å². The molecule has 1 aliphatic heterocycles. The summed E-state index contributed by atoms with van der Waals surface area (Å²) in [6, 6.07) is 8.14. The van der Waals surface area contributed by atoms with E-state index in [0.717, 1.165) is 74.5 Å². The third-order valence-electron chi connectivity index (χ3n) is 6.00. The van der Waals surface area contributed by atoms with Crippen LogP contribution in [0.3, 0.4) is 0 Å². The predicted octanol–water partition coefficient (Wildman–Crippen LogP) is 3.00. The molecule has 1 aromatic carbocycles. The minimum Gasteiger partial charge on any atom is -0.367 e. The monoisotopic (exact) mass is 407 g/mol. The molecule has 2 aromatic heterocycles. The summed E-state index contributed by atoms with van der Waals surface area (Å²) in [7, 11) is 0. The van der Waals surface area contributed by atoms with Crippen LogP contribution in [0.2, 0.25) is 0 Å². The van der Waals surface area contributed by atoms with E-state index in [-0.39, 0.29) is 0 Å². The van der Waals surface area contributed by atoms with Gasteiger partial charge in [0, 0.05) is 56.0 Å². The van der Waals surface area contributed by atoms with Crippen molar-refractivity contribution in [1.29, 1.82) is 0 Å². The number of piperazine rings is 1. The van der Waals surface area contributed by atoms with Gasteiger partial charge in [-0.1, -0.05) is 36.3 Å². The largest absolute Gasteiger partial charge is 0.367 e. The van der Waals surface area contributed by atoms with E-state index in [1.165, 1.54) is 13.0 Å². The van der Waals surface area contributed by atoms with Gasteiger partial charge < -0.3 is 14.7 Å². The molecule has 1 saturated heterocycles. The number of anilines is 1. The molecular weight excluding hydrogens is 378 g/mol. The summed E-state index contributed by atoms with van der Waals surface area (Å²) in [5.74, 6) is 2.50. The van der Waals surface area contributed by atoms with Crippen LogP contribution in [0.1, 0.15) is 37.9 Å². The molecule has 2 fully saturated rings. The van der Waals surface area contributed by atoms with E-state index in [0.29, 0.717) is 17.5 Å². The Hall–Kier alpha value is -2.58. The normalized spacial score (nSPS) is 18.2. The second-order valence-corrected chi connectivity index (χ2v) is 8.28. The molecule has 0 unspecified atom stereocenters. The SMILES string of the molecule is CCCN1CCN(CCNc2nnc(-c3nc(C4CC4)no3)c3ccccc23)CC1. The first-order valence-electron chi connectivity index (χ1n) is 11.1. The molecule has 0 amide bonds. The first-order chi connectivity index (χ1) is 14.8. The van der Waals surface area contributed by atoms with Gasteiger partial charge >= 0.3 is 0 Å². The first kappa shape index (κ1) is 19.4. The molecule has 158 valence electrons. The van der Waals surface area contributed by atoms with Crippen LogP contribution in [0, 0.1) is 0 Å². The van der Waals surface area contributed by atoms with Crippen molar-refractivity contribution in [2.24, 2.45) is 0 Å². The van der Waals surface area contributed by atoms with Gasteiger partial charge in [0.1, 0.15) is 0 Å². The zero-order valence-corrected chi connectivity index (χ0v) is 17.5. The quantitative estimate of drug-likeness (QED) is 0.610. The van der Waals surface area contributed by atoms with Gasteiger partial charge in [0.25, 0.3) is 5.89 Å². The van der Waals surface area contributed by atoms with E-state index < -0.39 is 0 Å². The van der Waals surface area contributed by atoms with Crippen molar-refractivity contribution in [3.63, 3.8) is 0 Å². The lowest BCUT2D eigenvalue weighted by Gasteiger charge is -2.34. The molecule has 0 bridgehead atoms. The first-order valence-corrected chi connectivity index (χ1v) is 11.1. The van der Waals surface area contributed by atoms with Gasteiger partial charge in [0.15, 0.2) is 17.3 Å². The van der Waals surface area contributed by atoms with Crippen molar-refractivity contribution in [2.75, 3.05) is 51.1 Å². The Morgan fingerprint density at radius 3 is 2.47 bits per heavy atom. The second-order valence-electron chi connectivity index (χ2n) is 8.28. The summed E-state index contributed by atoms with van der Waals surface area (Å²) >= 11 is 0. The van der Waals surface area contributed by atoms with E-state index in [1.807, 2.05) is 18.2 Å². The number of aromatic nitrogens is 4. The molecular formula is C22H29N7O. The zero-order valence-electron chi connectivity index (χ0n) is 17.5. The van der Waals surface area contributed by atoms with Crippen molar-refractivity contribution in [2.45, 2.75) is 32.1 Å². The summed E-state index contributed by atoms with van der Waals surface area (Å²) in [5.41, 5.74) is 0.655. The van der Waals surface area contributed by atoms with Gasteiger partial charge in [-0.05, 0) is 25.8 Å². The van der Waals surface area contributed by atoms with Gasteiger partial charge in [0.05, 0.1) is 0 Å². The van der Waals surface area contributed by atoms with Crippen molar-refractivity contribution < 1.29 is 4.52 Å². The van der Waals surface area contributed by atoms with Crippen molar-refractivity contribution >= 4 is 16.6 Å². The van der Waals surface area contributed by atoms with Crippen LogP contribution in [0.5, 0.6) is 0 Å². The lowest BCUT2D eigenvalue weighted by atomic mass is 10.1. The molecule has 0 atom stereocenters. The molecule has 2 aliphatic rings. The molecule has 0 radical (unpaired) electrons. The molecule has 0 spiro atoms. The lowest BCUT2D eigenvalue weighted by molar-refractivity contribution is 0.136. The van der Waals surface area contributed by atoms with Crippen LogP contribution in [0.25, 0.3) is 22.4 Å². The molecule has 3 heterocycles. The fourth-order valence-corrected chi connectivity index (χ4v) is 4.12. The Balaban J connectivity index is 1.26. The van der Waals surface area contributed by atoms with Gasteiger partial charge in [0.2, 0.25) is 0 Å². The third kappa shape index (κ3) is 4.15. The Bertz CT molecular complexity index is 992. The molecule has 3 aromatic rings. The number of fused-ring (bicyclic) bond motifs is 1. The minimum absolute atomic E-state index is 0.450. The van der Waals surface area contributed by atoms with Crippen LogP contribution < -0.4 is 5.32 Å². The molecule has 8 heteroatoms. The second kappa shape index (κ2) is 8.65. The molecule has 1 N–H and O–H groups in total. The van der Waals surface area contributed by atoms with Crippen LogP contribution in [0.4, 0.5) is 5.82 Å². The Morgan fingerprint density at radius 1 is 1.00 bits per heavy atom. The van der Waals surface area contributed by atoms with Gasteiger partial charge in [-0.25, -0.2) is 0 Å². The number of hydrogen-bond acceptors (Lipinski definition) is 8. The summed E-state index contributed by atoms with van der Waals surface area (Å²) in [5, 5.41) is 18.5. The maximum Gasteiger partial charge on any atom is 0.279 e. The molecule has 1 aliphatic carbocycles. The van der Waals surface area contributed by atoms with Crippen molar-refractivity contribution in [1.82, 2.24) is 30.1 Å². The molecule has 1 saturated carbocycles. The molecule has 30 heavy (non-hydrogen) atoms. The van der Waals surface area contributed by atoms with Gasteiger partial charge in [-0.15, -0.1) is 10.2 Å². The topological polar surface area (TPSA) is 83.2 Å². The standard InChI is InChI=1S/C22H29N7O/c1-2-10-28-12-14-29(15-13-28)11-9-23-21-18-6-4-3-5-17(18)19(25-26-21)22-24-20(27-30-22)16-7-8-16/h3-6,16H,2,7-15H2,1H3,(H,23,26). The van der Waals surface area contributed by atoms with Crippen molar-refractivity contribution in [3.05, 3.63) is 30.1 Å². The average molecular weight is 408 g/mol. The lowest BCUT2D eigenvalue weighted by Crippen LogP contribution is -2.47. The van der Waals surface area contributed by atoms with E-state index in [9.17, 15) is 0 Å². The number of nitrogens with zero attached hydrogens (tertiary/aromatic N) is 6. The van der Waals surface area contributed by atoms with Crippen LogP contribution in [-0.4, -0.2) is 76.0 Å². The summed E-state index contributed by atoms with van der Waals surface area (Å²) in [4.78, 5) is 9.62. The number of benzene rings is 1. The smallest absolute Gasteiger partial charge is 0.279 e. The number of nitrogens with one attached hydrogen (secondary N) is 1. The molecule has 8 nitrogen and oxygen atoms in total. The highest BCUT2D eigenvalue weighted by molar-refractivity contribution is 5.98. The van der Waals surface area contributed by atoms with E-state index >= 15 is 0 Å². The van der Waals surface area contributed by atoms with Crippen LogP contribution in [0.15, 0.2) is 28.8 Å². The maximum absolute atomic E-state index is 5.49. The van der Waals surface area contributed by atoms with Crippen LogP contribution in [-0.2, 0) is 0 Å². The third-order valence-corrected chi connectivity index (χ3v) is 6.00. The highest BCUT2D eigenvalue weighted by atomic mass is 16.5. The highest BCUT2D eigenvalue weighted by Gasteiger charge is 2.29. The Labute approximate surface area is 176 Å². The fourth-order valence-electron chi connectivity index (χ4n) is 4.12. The number of hydrogen-bond donors (Lipinski definition) is 1. The summed E-state index contributed by atoms with van der Waals surface area (Å²) in [6.45, 7) is 9.90. The van der Waals surface area contributed by atoms with Gasteiger partial charge in [-0.3, -0.25) is 4.90 Å². The minimum atomic E-state index is 0.450. The Morgan fingerprint density at radius 2 is 1.73 bits per heavy atom. The highest BCUT2D eigenvalue weighted by Crippen LogP contribution is 2.39. The summed E-state index contributed by atoms with van der Waals surface area (Å²) in [6.07, 6.45) is 3.51. The predicted molar refractivity (Wildman–Crippen MR) is 116 cm³/mol. The van der Waals surface area contributed by atoms with E-state index in [1.54, 1.807) is 0 Å². The van der Waals surface area contributed by atoms with Gasteiger partial charge in [-0.2, -0.15) is 4.98 Å². The Kier molecular flexibility index (Phi) is 5.59. The fraction of sp³-hybridized carbons (Fsp3) is 0.545. The van der Waals surface area contributed by atoms with E-state index in [4.69, 9.17) is 4.52 Å². The van der Waals surface area contributed by atoms with Crippen LogP contribution >= 0.6 is 0 Å². The zero-order chi connectivity index (χ0) is 20.3. The molecule has 5 rings (SSSR count). The maximum atomic E-state index is 5.49. The summed E-state index contributed by atoms with van der Waals surface area (Å²) < 4.78 is 5.49.